The van der Waals surface area contributed by atoms with E-state index in [4.69, 9.17) is 23.2 Å². The Labute approximate surface area is 121 Å². The molecule has 0 fully saturated rings. The van der Waals surface area contributed by atoms with E-state index in [0.29, 0.717) is 0 Å². The number of rotatable bonds is 4. The highest BCUT2D eigenvalue weighted by Gasteiger charge is 2.24. The number of aromatic nitrogens is 2. The van der Waals surface area contributed by atoms with E-state index >= 15 is 0 Å². The monoisotopic (exact) mass is 319 g/mol. The number of aromatic amines is 1. The lowest BCUT2D eigenvalue weighted by Crippen LogP contribution is -2.26. The van der Waals surface area contributed by atoms with Gasteiger partial charge < -0.3 is 0 Å². The molecule has 0 saturated heterocycles. The van der Waals surface area contributed by atoms with Crippen LogP contribution in [-0.2, 0) is 16.6 Å². The second-order valence-corrected chi connectivity index (χ2v) is 6.72. The highest BCUT2D eigenvalue weighted by Crippen LogP contribution is 2.30. The van der Waals surface area contributed by atoms with Crippen LogP contribution in [0.15, 0.2) is 35.5 Å². The fourth-order valence-corrected chi connectivity index (χ4v) is 3.45. The smallest absolute Gasteiger partial charge is 0.244 e. The number of nitrogens with one attached hydrogen (secondary N) is 1. The van der Waals surface area contributed by atoms with E-state index in [2.05, 4.69) is 10.2 Å². The summed E-state index contributed by atoms with van der Waals surface area (Å²) in [5, 5.41) is 6.63. The Balaban J connectivity index is 2.34. The Kier molecular flexibility index (Phi) is 4.15. The zero-order chi connectivity index (χ0) is 14.0. The summed E-state index contributed by atoms with van der Waals surface area (Å²) in [7, 11) is -2.22. The molecule has 1 aromatic heterocycles. The van der Waals surface area contributed by atoms with Crippen molar-refractivity contribution in [3.05, 3.63) is 46.2 Å². The Hall–Kier alpha value is -1.08. The molecule has 0 atom stereocenters. The van der Waals surface area contributed by atoms with Crippen LogP contribution in [0.1, 0.15) is 5.56 Å². The molecule has 0 aliphatic carbocycles. The van der Waals surface area contributed by atoms with E-state index in [9.17, 15) is 8.42 Å². The second kappa shape index (κ2) is 5.50. The maximum Gasteiger partial charge on any atom is 0.244 e. The normalized spacial score (nSPS) is 12.0. The van der Waals surface area contributed by atoms with Crippen LogP contribution in [0.3, 0.4) is 0 Å². The van der Waals surface area contributed by atoms with Crippen LogP contribution in [0.2, 0.25) is 10.0 Å². The van der Waals surface area contributed by atoms with Crippen LogP contribution >= 0.6 is 23.2 Å². The van der Waals surface area contributed by atoms with Crippen molar-refractivity contribution in [2.45, 2.75) is 11.4 Å². The molecule has 0 unspecified atom stereocenters. The highest BCUT2D eigenvalue weighted by atomic mass is 35.5. The molecule has 2 rings (SSSR count). The fourth-order valence-electron chi connectivity index (χ4n) is 1.56. The largest absolute Gasteiger partial charge is 0.285 e. The second-order valence-electron chi connectivity index (χ2n) is 3.92. The minimum atomic E-state index is -3.69. The van der Waals surface area contributed by atoms with E-state index in [-0.39, 0.29) is 21.5 Å². The van der Waals surface area contributed by atoms with Crippen LogP contribution in [0.25, 0.3) is 0 Å². The SMILES string of the molecule is CN(Cc1cn[nH]c1)S(=O)(=O)c1cccc(Cl)c1Cl. The van der Waals surface area contributed by atoms with Gasteiger partial charge in [-0.05, 0) is 12.1 Å². The summed E-state index contributed by atoms with van der Waals surface area (Å²) < 4.78 is 26.0. The van der Waals surface area contributed by atoms with E-state index in [0.717, 1.165) is 5.56 Å². The molecule has 102 valence electrons. The molecule has 1 aromatic carbocycles. The van der Waals surface area contributed by atoms with Crippen molar-refractivity contribution >= 4 is 33.2 Å². The maximum atomic E-state index is 12.4. The van der Waals surface area contributed by atoms with Crippen LogP contribution in [0.5, 0.6) is 0 Å². The first kappa shape index (κ1) is 14.3. The molecule has 0 amide bonds. The molecule has 1 N–H and O–H groups in total. The first-order chi connectivity index (χ1) is 8.93. The van der Waals surface area contributed by atoms with Crippen molar-refractivity contribution in [1.29, 1.82) is 0 Å². The van der Waals surface area contributed by atoms with Crippen LogP contribution in [-0.4, -0.2) is 30.0 Å². The fraction of sp³-hybridized carbons (Fsp3) is 0.182. The van der Waals surface area contributed by atoms with Gasteiger partial charge in [0.25, 0.3) is 0 Å². The Morgan fingerprint density at radius 2 is 2.11 bits per heavy atom. The molecular weight excluding hydrogens is 309 g/mol. The van der Waals surface area contributed by atoms with E-state index < -0.39 is 10.0 Å². The number of hydrogen-bond acceptors (Lipinski definition) is 3. The molecule has 1 heterocycles. The molecule has 0 saturated carbocycles. The minimum absolute atomic E-state index is 0.00679. The Morgan fingerprint density at radius 3 is 2.74 bits per heavy atom. The predicted molar refractivity (Wildman–Crippen MR) is 73.7 cm³/mol. The van der Waals surface area contributed by atoms with E-state index in [1.807, 2.05) is 0 Å². The summed E-state index contributed by atoms with van der Waals surface area (Å²) >= 11 is 11.8. The lowest BCUT2D eigenvalue weighted by Gasteiger charge is -2.17. The van der Waals surface area contributed by atoms with Crippen LogP contribution < -0.4 is 0 Å². The van der Waals surface area contributed by atoms with Gasteiger partial charge in [-0.3, -0.25) is 5.10 Å². The van der Waals surface area contributed by atoms with Crippen molar-refractivity contribution in [1.82, 2.24) is 14.5 Å². The summed E-state index contributed by atoms with van der Waals surface area (Å²) in [6, 6.07) is 4.52. The summed E-state index contributed by atoms with van der Waals surface area (Å²) in [4.78, 5) is -0.00679. The van der Waals surface area contributed by atoms with Crippen molar-refractivity contribution in [2.75, 3.05) is 7.05 Å². The third-order valence-corrected chi connectivity index (χ3v) is 5.34. The quantitative estimate of drug-likeness (QED) is 0.941. The lowest BCUT2D eigenvalue weighted by molar-refractivity contribution is 0.467. The van der Waals surface area contributed by atoms with Gasteiger partial charge in [0.1, 0.15) is 4.90 Å². The van der Waals surface area contributed by atoms with Gasteiger partial charge in [-0.2, -0.15) is 9.40 Å². The van der Waals surface area contributed by atoms with Crippen molar-refractivity contribution in [3.63, 3.8) is 0 Å². The maximum absolute atomic E-state index is 12.4. The minimum Gasteiger partial charge on any atom is -0.285 e. The van der Waals surface area contributed by atoms with Crippen molar-refractivity contribution in [3.8, 4) is 0 Å². The van der Waals surface area contributed by atoms with Crippen molar-refractivity contribution < 1.29 is 8.42 Å². The summed E-state index contributed by atoms with van der Waals surface area (Å²) in [6.07, 6.45) is 3.19. The zero-order valence-electron chi connectivity index (χ0n) is 9.97. The predicted octanol–water partition coefficient (Wildman–Crippen LogP) is 2.54. The molecule has 0 spiro atoms. The highest BCUT2D eigenvalue weighted by molar-refractivity contribution is 7.89. The summed E-state index contributed by atoms with van der Waals surface area (Å²) in [5.74, 6) is 0. The van der Waals surface area contributed by atoms with E-state index in [1.165, 1.54) is 17.4 Å². The molecule has 19 heavy (non-hydrogen) atoms. The number of halogens is 2. The number of H-pyrrole nitrogens is 1. The van der Waals surface area contributed by atoms with Gasteiger partial charge in [-0.1, -0.05) is 29.3 Å². The van der Waals surface area contributed by atoms with E-state index in [1.54, 1.807) is 24.5 Å². The van der Waals surface area contributed by atoms with Gasteiger partial charge in [0.05, 0.1) is 16.2 Å². The number of nitrogens with zero attached hydrogens (tertiary/aromatic N) is 2. The van der Waals surface area contributed by atoms with Gasteiger partial charge in [-0.25, -0.2) is 8.42 Å². The van der Waals surface area contributed by atoms with Gasteiger partial charge in [0, 0.05) is 25.4 Å². The molecule has 0 aliphatic heterocycles. The number of sulfonamides is 1. The average Bonchev–Trinajstić information content (AvgIpc) is 2.85. The van der Waals surface area contributed by atoms with Gasteiger partial charge in [0.15, 0.2) is 0 Å². The summed E-state index contributed by atoms with van der Waals surface area (Å²) in [5.41, 5.74) is 0.754. The molecule has 0 bridgehead atoms. The lowest BCUT2D eigenvalue weighted by atomic mass is 10.4. The third-order valence-electron chi connectivity index (χ3n) is 2.56. The Bertz CT molecular complexity index is 671. The Morgan fingerprint density at radius 1 is 1.37 bits per heavy atom. The number of hydrogen-bond donors (Lipinski definition) is 1. The molecular formula is C11H11Cl2N3O2S. The average molecular weight is 320 g/mol. The molecule has 0 radical (unpaired) electrons. The van der Waals surface area contributed by atoms with Gasteiger partial charge in [-0.15, -0.1) is 0 Å². The van der Waals surface area contributed by atoms with Gasteiger partial charge in [0.2, 0.25) is 10.0 Å². The first-order valence-electron chi connectivity index (χ1n) is 5.31. The third kappa shape index (κ3) is 2.92. The molecule has 0 aliphatic rings. The standard InChI is InChI=1S/C11H11Cl2N3O2S/c1-16(7-8-5-14-15-6-8)19(17,18)10-4-2-3-9(12)11(10)13/h2-6H,7H2,1H3,(H,14,15). The van der Waals surface area contributed by atoms with Crippen molar-refractivity contribution in [2.24, 2.45) is 0 Å². The zero-order valence-corrected chi connectivity index (χ0v) is 12.3. The topological polar surface area (TPSA) is 66.1 Å². The van der Waals surface area contributed by atoms with Crippen LogP contribution in [0.4, 0.5) is 0 Å². The summed E-state index contributed by atoms with van der Waals surface area (Å²) in [6.45, 7) is 0.196. The first-order valence-corrected chi connectivity index (χ1v) is 7.50. The molecule has 8 heteroatoms. The number of benzene rings is 1. The molecule has 5 nitrogen and oxygen atoms in total. The van der Waals surface area contributed by atoms with Crippen LogP contribution in [0, 0.1) is 0 Å². The van der Waals surface area contributed by atoms with Gasteiger partial charge >= 0.3 is 0 Å². The molecule has 2 aromatic rings.